The van der Waals surface area contributed by atoms with Crippen LogP contribution in [0, 0.1) is 0 Å². The van der Waals surface area contributed by atoms with Gasteiger partial charge in [-0.1, -0.05) is 6.92 Å². The van der Waals surface area contributed by atoms with Gasteiger partial charge in [-0.25, -0.2) is 0 Å². The van der Waals surface area contributed by atoms with Crippen molar-refractivity contribution < 1.29 is 9.90 Å². The van der Waals surface area contributed by atoms with Crippen molar-refractivity contribution in [1.82, 2.24) is 4.90 Å². The van der Waals surface area contributed by atoms with Crippen molar-refractivity contribution in [2.75, 3.05) is 19.3 Å². The third kappa shape index (κ3) is 1.93. The summed E-state index contributed by atoms with van der Waals surface area (Å²) in [5.41, 5.74) is 0. The van der Waals surface area contributed by atoms with Crippen LogP contribution in [-0.2, 0) is 4.79 Å². The van der Waals surface area contributed by atoms with Crippen LogP contribution in [0.4, 0.5) is 0 Å². The van der Waals surface area contributed by atoms with Crippen molar-refractivity contribution in [1.29, 1.82) is 0 Å². The highest BCUT2D eigenvalue weighted by Crippen LogP contribution is 2.27. The number of nitrogens with zero attached hydrogens (tertiary/aromatic N) is 1. The third-order valence-electron chi connectivity index (χ3n) is 2.23. The SMILES string of the molecule is CCSC1CCN(C)[C@@H]1C(=O)O. The summed E-state index contributed by atoms with van der Waals surface area (Å²) >= 11 is 1.76. The summed E-state index contributed by atoms with van der Waals surface area (Å²) in [6.45, 7) is 2.98. The molecule has 70 valence electrons. The lowest BCUT2D eigenvalue weighted by atomic mass is 10.2. The maximum Gasteiger partial charge on any atom is 0.322 e. The first-order valence-electron chi connectivity index (χ1n) is 4.21. The van der Waals surface area contributed by atoms with Crippen molar-refractivity contribution in [2.24, 2.45) is 0 Å². The molecular weight excluding hydrogens is 174 g/mol. The second-order valence-corrected chi connectivity index (χ2v) is 4.56. The van der Waals surface area contributed by atoms with Crippen LogP contribution in [-0.4, -0.2) is 46.6 Å². The number of hydrogen-bond acceptors (Lipinski definition) is 3. The number of aliphatic carboxylic acids is 1. The third-order valence-corrected chi connectivity index (χ3v) is 3.48. The van der Waals surface area contributed by atoms with Gasteiger partial charge in [0.25, 0.3) is 0 Å². The maximum atomic E-state index is 10.8. The number of carboxylic acids is 1. The van der Waals surface area contributed by atoms with Crippen LogP contribution < -0.4 is 0 Å². The van der Waals surface area contributed by atoms with Gasteiger partial charge in [0.1, 0.15) is 6.04 Å². The molecule has 0 spiro atoms. The van der Waals surface area contributed by atoms with E-state index in [1.165, 1.54) is 0 Å². The quantitative estimate of drug-likeness (QED) is 0.716. The van der Waals surface area contributed by atoms with Gasteiger partial charge in [0.15, 0.2) is 0 Å². The smallest absolute Gasteiger partial charge is 0.322 e. The van der Waals surface area contributed by atoms with E-state index in [0.29, 0.717) is 0 Å². The van der Waals surface area contributed by atoms with Crippen LogP contribution in [0.3, 0.4) is 0 Å². The lowest BCUT2D eigenvalue weighted by Gasteiger charge is -2.19. The van der Waals surface area contributed by atoms with Gasteiger partial charge < -0.3 is 5.11 Å². The molecule has 1 unspecified atom stereocenters. The molecule has 0 aromatic carbocycles. The van der Waals surface area contributed by atoms with Crippen molar-refractivity contribution in [3.05, 3.63) is 0 Å². The largest absolute Gasteiger partial charge is 0.480 e. The fourth-order valence-electron chi connectivity index (χ4n) is 1.65. The monoisotopic (exact) mass is 189 g/mol. The van der Waals surface area contributed by atoms with Gasteiger partial charge in [-0.15, -0.1) is 0 Å². The number of carboxylic acid groups (broad SMARTS) is 1. The number of thioether (sulfide) groups is 1. The highest BCUT2D eigenvalue weighted by Gasteiger charge is 2.36. The molecule has 1 aliphatic heterocycles. The fourth-order valence-corrected chi connectivity index (χ4v) is 2.85. The second kappa shape index (κ2) is 4.14. The molecule has 4 heteroatoms. The number of carbonyl (C=O) groups is 1. The van der Waals surface area contributed by atoms with Crippen molar-refractivity contribution in [3.63, 3.8) is 0 Å². The zero-order chi connectivity index (χ0) is 9.14. The van der Waals surface area contributed by atoms with E-state index in [2.05, 4.69) is 6.92 Å². The molecule has 0 aromatic heterocycles. The first-order valence-corrected chi connectivity index (χ1v) is 5.26. The Labute approximate surface area is 77.1 Å². The molecule has 1 aliphatic rings. The molecule has 2 atom stereocenters. The van der Waals surface area contributed by atoms with Gasteiger partial charge in [-0.05, 0) is 25.8 Å². The Morgan fingerprint density at radius 3 is 2.92 bits per heavy atom. The Kier molecular flexibility index (Phi) is 3.40. The molecule has 1 fully saturated rings. The summed E-state index contributed by atoms with van der Waals surface area (Å²) in [5.74, 6) is 0.323. The summed E-state index contributed by atoms with van der Waals surface area (Å²) in [4.78, 5) is 12.8. The Hall–Kier alpha value is -0.220. The lowest BCUT2D eigenvalue weighted by Crippen LogP contribution is -2.38. The van der Waals surface area contributed by atoms with Crippen LogP contribution >= 0.6 is 11.8 Å². The Morgan fingerprint density at radius 1 is 1.75 bits per heavy atom. The maximum absolute atomic E-state index is 10.8. The molecule has 1 heterocycles. The molecule has 12 heavy (non-hydrogen) atoms. The lowest BCUT2D eigenvalue weighted by molar-refractivity contribution is -0.141. The normalized spacial score (nSPS) is 30.8. The summed E-state index contributed by atoms with van der Waals surface area (Å²) in [5, 5.41) is 9.22. The topological polar surface area (TPSA) is 40.5 Å². The first-order chi connectivity index (χ1) is 5.66. The van der Waals surface area contributed by atoms with E-state index in [4.69, 9.17) is 5.11 Å². The number of likely N-dealkylation sites (tertiary alicyclic amines) is 1. The Morgan fingerprint density at radius 2 is 2.42 bits per heavy atom. The standard InChI is InChI=1S/C8H15NO2S/c1-3-12-6-4-5-9(2)7(6)8(10)11/h6-7H,3-5H2,1-2H3,(H,10,11)/t6?,7-/m0/s1. The van der Waals surface area contributed by atoms with Crippen molar-refractivity contribution in [2.45, 2.75) is 24.6 Å². The molecule has 3 nitrogen and oxygen atoms in total. The summed E-state index contributed by atoms with van der Waals surface area (Å²) in [6.07, 6.45) is 1.01. The van der Waals surface area contributed by atoms with Gasteiger partial charge in [-0.3, -0.25) is 9.69 Å². The number of hydrogen-bond donors (Lipinski definition) is 1. The Balaban J connectivity index is 2.57. The average molecular weight is 189 g/mol. The summed E-state index contributed by atoms with van der Waals surface area (Å²) < 4.78 is 0. The predicted molar refractivity (Wildman–Crippen MR) is 50.6 cm³/mol. The Bertz CT molecular complexity index is 172. The minimum absolute atomic E-state index is 0.269. The van der Waals surface area contributed by atoms with Gasteiger partial charge >= 0.3 is 5.97 Å². The van der Waals surface area contributed by atoms with Gasteiger partial charge in [0.05, 0.1) is 0 Å². The molecule has 0 aromatic rings. The second-order valence-electron chi connectivity index (χ2n) is 3.05. The van der Waals surface area contributed by atoms with E-state index in [1.807, 2.05) is 11.9 Å². The van der Waals surface area contributed by atoms with Crippen molar-refractivity contribution in [3.8, 4) is 0 Å². The van der Waals surface area contributed by atoms with Crippen LogP contribution in [0.25, 0.3) is 0 Å². The number of rotatable bonds is 3. The predicted octanol–water partition coefficient (Wildman–Crippen LogP) is 0.897. The van der Waals surface area contributed by atoms with Gasteiger partial charge in [0, 0.05) is 5.25 Å². The molecular formula is C8H15NO2S. The molecule has 0 aliphatic carbocycles. The average Bonchev–Trinajstić information content (AvgIpc) is 2.32. The number of likely N-dealkylation sites (N-methyl/N-ethyl adjacent to an activating group) is 1. The molecule has 0 amide bonds. The fraction of sp³-hybridized carbons (Fsp3) is 0.875. The molecule has 1 rings (SSSR count). The molecule has 1 saturated heterocycles. The summed E-state index contributed by atoms with van der Waals surface area (Å²) in [7, 11) is 1.88. The first kappa shape index (κ1) is 9.86. The van der Waals surface area contributed by atoms with Crippen LogP contribution in [0.15, 0.2) is 0 Å². The molecule has 1 N–H and O–H groups in total. The zero-order valence-corrected chi connectivity index (χ0v) is 8.30. The van der Waals surface area contributed by atoms with Gasteiger partial charge in [0.2, 0.25) is 0 Å². The van der Waals surface area contributed by atoms with E-state index >= 15 is 0 Å². The van der Waals surface area contributed by atoms with Gasteiger partial charge in [-0.2, -0.15) is 11.8 Å². The van der Waals surface area contributed by atoms with Crippen molar-refractivity contribution >= 4 is 17.7 Å². The molecule has 0 saturated carbocycles. The highest BCUT2D eigenvalue weighted by molar-refractivity contribution is 7.99. The van der Waals surface area contributed by atoms with E-state index in [9.17, 15) is 4.79 Å². The summed E-state index contributed by atoms with van der Waals surface area (Å²) in [6, 6.07) is -0.269. The highest BCUT2D eigenvalue weighted by atomic mass is 32.2. The van der Waals surface area contributed by atoms with Crippen LogP contribution in [0.5, 0.6) is 0 Å². The van der Waals surface area contributed by atoms with E-state index < -0.39 is 5.97 Å². The van der Waals surface area contributed by atoms with E-state index in [1.54, 1.807) is 11.8 Å². The minimum atomic E-state index is -0.680. The minimum Gasteiger partial charge on any atom is -0.480 e. The van der Waals surface area contributed by atoms with E-state index in [0.717, 1.165) is 18.7 Å². The van der Waals surface area contributed by atoms with E-state index in [-0.39, 0.29) is 11.3 Å². The zero-order valence-electron chi connectivity index (χ0n) is 7.49. The molecule has 0 radical (unpaired) electrons. The molecule has 0 bridgehead atoms. The van der Waals surface area contributed by atoms with Crippen LogP contribution in [0.2, 0.25) is 0 Å². The van der Waals surface area contributed by atoms with Crippen LogP contribution in [0.1, 0.15) is 13.3 Å².